The van der Waals surface area contributed by atoms with E-state index in [-0.39, 0.29) is 0 Å². The predicted molar refractivity (Wildman–Crippen MR) is 95.5 cm³/mol. The first-order valence-electron chi connectivity index (χ1n) is 7.41. The van der Waals surface area contributed by atoms with Gasteiger partial charge in [-0.05, 0) is 30.3 Å². The minimum atomic E-state index is 0.828. The van der Waals surface area contributed by atoms with Crippen LogP contribution in [0.5, 0.6) is 0 Å². The maximum Gasteiger partial charge on any atom is 0.0228 e. The SMILES string of the molecule is CCCCSC(CSCC(C)C)CSC(C)CC. The summed E-state index contributed by atoms with van der Waals surface area (Å²) in [5, 5.41) is 1.69. The maximum atomic E-state index is 2.36. The minimum absolute atomic E-state index is 0.828. The topological polar surface area (TPSA) is 0 Å². The smallest absolute Gasteiger partial charge is 0.0228 e. The highest BCUT2D eigenvalue weighted by Crippen LogP contribution is 2.25. The summed E-state index contributed by atoms with van der Waals surface area (Å²) in [6.45, 7) is 11.6. The Morgan fingerprint density at radius 1 is 0.889 bits per heavy atom. The third kappa shape index (κ3) is 12.1. The maximum absolute atomic E-state index is 2.36. The molecule has 0 aliphatic rings. The fourth-order valence-corrected chi connectivity index (χ4v) is 5.48. The van der Waals surface area contributed by atoms with Crippen molar-refractivity contribution in [3.05, 3.63) is 0 Å². The normalized spacial score (nSPS) is 15.0. The van der Waals surface area contributed by atoms with Crippen molar-refractivity contribution >= 4 is 35.3 Å². The van der Waals surface area contributed by atoms with Crippen LogP contribution >= 0.6 is 35.3 Å². The number of unbranched alkanes of at least 4 members (excludes halogenated alkanes) is 1. The molecule has 2 atom stereocenters. The lowest BCUT2D eigenvalue weighted by Gasteiger charge is -2.18. The molecule has 0 saturated carbocycles. The zero-order valence-corrected chi connectivity index (χ0v) is 15.4. The van der Waals surface area contributed by atoms with Crippen molar-refractivity contribution in [3.8, 4) is 0 Å². The van der Waals surface area contributed by atoms with Crippen molar-refractivity contribution in [1.29, 1.82) is 0 Å². The first-order chi connectivity index (χ1) is 8.60. The molecule has 0 aliphatic heterocycles. The Morgan fingerprint density at radius 2 is 1.61 bits per heavy atom. The molecule has 0 fully saturated rings. The van der Waals surface area contributed by atoms with Crippen LogP contribution in [-0.4, -0.2) is 33.5 Å². The standard InChI is InChI=1S/C15H32S3/c1-6-8-9-17-15(11-16-10-13(3)4)12-18-14(5)7-2/h13-15H,6-12H2,1-5H3. The molecule has 0 aromatic carbocycles. The van der Waals surface area contributed by atoms with Crippen LogP contribution in [-0.2, 0) is 0 Å². The summed E-state index contributed by atoms with van der Waals surface area (Å²) in [5.74, 6) is 6.19. The summed E-state index contributed by atoms with van der Waals surface area (Å²) in [4.78, 5) is 0. The highest BCUT2D eigenvalue weighted by molar-refractivity contribution is 8.05. The van der Waals surface area contributed by atoms with Crippen LogP contribution < -0.4 is 0 Å². The van der Waals surface area contributed by atoms with E-state index in [9.17, 15) is 0 Å². The fourth-order valence-electron chi connectivity index (χ4n) is 1.36. The molecule has 0 nitrogen and oxygen atoms in total. The zero-order chi connectivity index (χ0) is 13.8. The summed E-state index contributed by atoms with van der Waals surface area (Å²) < 4.78 is 0. The van der Waals surface area contributed by atoms with E-state index in [1.165, 1.54) is 42.3 Å². The molecule has 0 saturated heterocycles. The van der Waals surface area contributed by atoms with Crippen molar-refractivity contribution < 1.29 is 0 Å². The Morgan fingerprint density at radius 3 is 2.17 bits per heavy atom. The number of hydrogen-bond donors (Lipinski definition) is 0. The van der Waals surface area contributed by atoms with Crippen LogP contribution in [0.25, 0.3) is 0 Å². The molecule has 0 spiro atoms. The predicted octanol–water partition coefficient (Wildman–Crippen LogP) is 5.81. The second kappa shape index (κ2) is 13.1. The molecule has 2 unspecified atom stereocenters. The lowest BCUT2D eigenvalue weighted by molar-refractivity contribution is 0.750. The molecule has 0 amide bonds. The number of rotatable bonds is 12. The third-order valence-electron chi connectivity index (χ3n) is 2.75. The van der Waals surface area contributed by atoms with Gasteiger partial charge in [-0.25, -0.2) is 0 Å². The van der Waals surface area contributed by atoms with Gasteiger partial charge >= 0.3 is 0 Å². The molecule has 0 heterocycles. The first-order valence-corrected chi connectivity index (χ1v) is 10.7. The van der Waals surface area contributed by atoms with Gasteiger partial charge in [0.2, 0.25) is 0 Å². The molecule has 18 heavy (non-hydrogen) atoms. The van der Waals surface area contributed by atoms with E-state index in [2.05, 4.69) is 69.9 Å². The van der Waals surface area contributed by atoms with Gasteiger partial charge in [0.25, 0.3) is 0 Å². The van der Waals surface area contributed by atoms with Gasteiger partial charge in [-0.1, -0.05) is 41.0 Å². The van der Waals surface area contributed by atoms with Crippen LogP contribution in [0.3, 0.4) is 0 Å². The fraction of sp³-hybridized carbons (Fsp3) is 1.00. The average molecular weight is 309 g/mol. The molecule has 110 valence electrons. The molecule has 0 N–H and O–H groups in total. The van der Waals surface area contributed by atoms with Crippen LogP contribution in [0.2, 0.25) is 0 Å². The second-order valence-corrected chi connectivity index (χ2v) is 9.28. The van der Waals surface area contributed by atoms with E-state index in [0.29, 0.717) is 0 Å². The monoisotopic (exact) mass is 308 g/mol. The van der Waals surface area contributed by atoms with Crippen molar-refractivity contribution in [2.75, 3.05) is 23.0 Å². The molecule has 0 rings (SSSR count). The lowest BCUT2D eigenvalue weighted by atomic mass is 10.3. The highest BCUT2D eigenvalue weighted by atomic mass is 32.2. The van der Waals surface area contributed by atoms with E-state index in [0.717, 1.165) is 16.4 Å². The van der Waals surface area contributed by atoms with Gasteiger partial charge in [-0.15, -0.1) is 0 Å². The summed E-state index contributed by atoms with van der Waals surface area (Å²) in [5.41, 5.74) is 0. The largest absolute Gasteiger partial charge is 0.161 e. The zero-order valence-electron chi connectivity index (χ0n) is 12.9. The van der Waals surface area contributed by atoms with Crippen LogP contribution in [0.1, 0.15) is 53.9 Å². The molecule has 0 bridgehead atoms. The molecular formula is C15H32S3. The van der Waals surface area contributed by atoms with Crippen LogP contribution in [0.4, 0.5) is 0 Å². The van der Waals surface area contributed by atoms with Crippen molar-refractivity contribution in [1.82, 2.24) is 0 Å². The Balaban J connectivity index is 3.83. The van der Waals surface area contributed by atoms with Gasteiger partial charge in [0, 0.05) is 22.0 Å². The van der Waals surface area contributed by atoms with E-state index in [1.807, 2.05) is 0 Å². The summed E-state index contributed by atoms with van der Waals surface area (Å²) in [6, 6.07) is 0. The third-order valence-corrected chi connectivity index (χ3v) is 7.54. The van der Waals surface area contributed by atoms with E-state index >= 15 is 0 Å². The second-order valence-electron chi connectivity index (χ2n) is 5.33. The Hall–Kier alpha value is 1.05. The molecule has 0 aromatic heterocycles. The van der Waals surface area contributed by atoms with E-state index < -0.39 is 0 Å². The quantitative estimate of drug-likeness (QED) is 0.418. The van der Waals surface area contributed by atoms with Crippen molar-refractivity contribution in [2.45, 2.75) is 64.4 Å². The van der Waals surface area contributed by atoms with Crippen LogP contribution in [0.15, 0.2) is 0 Å². The summed E-state index contributed by atoms with van der Waals surface area (Å²) in [6.07, 6.45) is 4.01. The Bertz CT molecular complexity index is 171. The number of thioether (sulfide) groups is 3. The molecule has 3 heteroatoms. The van der Waals surface area contributed by atoms with Crippen LogP contribution in [0, 0.1) is 5.92 Å². The molecule has 0 aromatic rings. The van der Waals surface area contributed by atoms with Gasteiger partial charge in [0.1, 0.15) is 0 Å². The van der Waals surface area contributed by atoms with Gasteiger partial charge in [0.15, 0.2) is 0 Å². The Labute approximate surface area is 128 Å². The first kappa shape index (κ1) is 19.1. The summed E-state index contributed by atoms with van der Waals surface area (Å²) >= 11 is 6.53. The summed E-state index contributed by atoms with van der Waals surface area (Å²) in [7, 11) is 0. The van der Waals surface area contributed by atoms with Gasteiger partial charge in [-0.3, -0.25) is 0 Å². The molecule has 0 aliphatic carbocycles. The minimum Gasteiger partial charge on any atom is -0.161 e. The highest BCUT2D eigenvalue weighted by Gasteiger charge is 2.11. The average Bonchev–Trinajstić information content (AvgIpc) is 2.34. The van der Waals surface area contributed by atoms with E-state index in [4.69, 9.17) is 0 Å². The Kier molecular flexibility index (Phi) is 13.8. The van der Waals surface area contributed by atoms with Gasteiger partial charge in [0.05, 0.1) is 0 Å². The molecular weight excluding hydrogens is 276 g/mol. The van der Waals surface area contributed by atoms with Gasteiger partial charge in [-0.2, -0.15) is 35.3 Å². The van der Waals surface area contributed by atoms with Crippen molar-refractivity contribution in [3.63, 3.8) is 0 Å². The number of hydrogen-bond acceptors (Lipinski definition) is 3. The van der Waals surface area contributed by atoms with Crippen molar-refractivity contribution in [2.24, 2.45) is 5.92 Å². The van der Waals surface area contributed by atoms with Gasteiger partial charge < -0.3 is 0 Å². The van der Waals surface area contributed by atoms with E-state index in [1.54, 1.807) is 0 Å². The lowest BCUT2D eigenvalue weighted by Crippen LogP contribution is -2.14. The molecule has 0 radical (unpaired) electrons.